The Kier molecular flexibility index (Phi) is 8.14. The summed E-state index contributed by atoms with van der Waals surface area (Å²) < 4.78 is 0. The fourth-order valence-corrected chi connectivity index (χ4v) is 1.70. The van der Waals surface area contributed by atoms with Gasteiger partial charge in [-0.3, -0.25) is 0 Å². The lowest BCUT2D eigenvalue weighted by atomic mass is 10.0. The third-order valence-electron chi connectivity index (χ3n) is 2.27. The first-order chi connectivity index (χ1) is 8.42. The van der Waals surface area contributed by atoms with Crippen molar-refractivity contribution in [2.75, 3.05) is 0 Å². The Hall–Kier alpha value is -1.28. The molecule has 0 fully saturated rings. The normalized spacial score (nSPS) is 13.2. The predicted octanol–water partition coefficient (Wildman–Crippen LogP) is 5.12. The Labute approximate surface area is 117 Å². The summed E-state index contributed by atoms with van der Waals surface area (Å²) in [6.45, 7) is 17.7. The van der Waals surface area contributed by atoms with Gasteiger partial charge in [0.05, 0.1) is 10.7 Å². The van der Waals surface area contributed by atoms with E-state index in [0.717, 1.165) is 17.6 Å². The molecule has 0 bridgehead atoms. The van der Waals surface area contributed by atoms with Gasteiger partial charge in [0.2, 0.25) is 0 Å². The second-order valence-electron chi connectivity index (χ2n) is 4.27. The highest BCUT2D eigenvalue weighted by Gasteiger charge is 2.08. The molecule has 18 heavy (non-hydrogen) atoms. The Balaban J connectivity index is 5.20. The zero-order valence-electron chi connectivity index (χ0n) is 11.6. The molecule has 0 aromatic rings. The van der Waals surface area contributed by atoms with Gasteiger partial charge in [0.1, 0.15) is 0 Å². The van der Waals surface area contributed by atoms with Crippen LogP contribution in [0, 0.1) is 5.92 Å². The van der Waals surface area contributed by atoms with Crippen molar-refractivity contribution in [2.24, 2.45) is 10.9 Å². The van der Waals surface area contributed by atoms with Gasteiger partial charge in [-0.15, -0.1) is 12.6 Å². The molecular formula is C16H23NS. The van der Waals surface area contributed by atoms with E-state index in [4.69, 9.17) is 0 Å². The van der Waals surface area contributed by atoms with Crippen LogP contribution in [-0.4, -0.2) is 5.04 Å². The first kappa shape index (κ1) is 16.7. The molecule has 0 unspecified atom stereocenters. The first-order valence-corrected chi connectivity index (χ1v) is 6.53. The molecule has 0 saturated heterocycles. The molecule has 0 atom stereocenters. The van der Waals surface area contributed by atoms with Crippen LogP contribution in [0.15, 0.2) is 65.9 Å². The zero-order chi connectivity index (χ0) is 14.1. The van der Waals surface area contributed by atoms with E-state index in [9.17, 15) is 0 Å². The molecule has 0 aliphatic rings. The van der Waals surface area contributed by atoms with E-state index in [1.54, 1.807) is 6.08 Å². The fourth-order valence-electron chi connectivity index (χ4n) is 1.25. The van der Waals surface area contributed by atoms with Crippen molar-refractivity contribution in [3.8, 4) is 0 Å². The van der Waals surface area contributed by atoms with Crippen LogP contribution in [0.4, 0.5) is 0 Å². The van der Waals surface area contributed by atoms with Crippen molar-refractivity contribution in [3.05, 3.63) is 60.9 Å². The van der Waals surface area contributed by atoms with E-state index in [-0.39, 0.29) is 0 Å². The first-order valence-electron chi connectivity index (χ1n) is 6.08. The van der Waals surface area contributed by atoms with Crippen LogP contribution >= 0.6 is 12.6 Å². The standard InChI is InChI=1S/C16H23NS/c1-7-9-10-13(5)11-15(12(3)4)16(18)17-14(6)8-2/h8-12H,2,5-7H2,1,3-4H3,(H,17,18)/b10-9-,15-11-. The number of hydrogen-bond donors (Lipinski definition) is 1. The van der Waals surface area contributed by atoms with Crippen molar-refractivity contribution in [2.45, 2.75) is 27.2 Å². The largest absolute Gasteiger partial charge is 0.243 e. The van der Waals surface area contributed by atoms with Gasteiger partial charge in [-0.25, -0.2) is 4.99 Å². The third-order valence-corrected chi connectivity index (χ3v) is 2.63. The van der Waals surface area contributed by atoms with Crippen LogP contribution < -0.4 is 0 Å². The van der Waals surface area contributed by atoms with Gasteiger partial charge < -0.3 is 0 Å². The van der Waals surface area contributed by atoms with Gasteiger partial charge >= 0.3 is 0 Å². The molecule has 0 aliphatic carbocycles. The smallest absolute Gasteiger partial charge is 0.0971 e. The topological polar surface area (TPSA) is 12.4 Å². The minimum Gasteiger partial charge on any atom is -0.243 e. The maximum absolute atomic E-state index is 4.43. The number of thiol groups is 1. The summed E-state index contributed by atoms with van der Waals surface area (Å²) >= 11 is 4.43. The molecule has 0 N–H and O–H groups in total. The molecule has 0 rings (SSSR count). The van der Waals surface area contributed by atoms with Crippen molar-refractivity contribution in [1.29, 1.82) is 0 Å². The Morgan fingerprint density at radius 1 is 1.33 bits per heavy atom. The number of nitrogens with zero attached hydrogens (tertiary/aromatic N) is 1. The fraction of sp³-hybridized carbons (Fsp3) is 0.312. The molecule has 0 spiro atoms. The lowest BCUT2D eigenvalue weighted by Crippen LogP contribution is -2.03. The summed E-state index contributed by atoms with van der Waals surface area (Å²) in [6, 6.07) is 0. The Bertz CT molecular complexity index is 409. The van der Waals surface area contributed by atoms with Gasteiger partial charge in [0, 0.05) is 0 Å². The lowest BCUT2D eigenvalue weighted by Gasteiger charge is -2.11. The molecular weight excluding hydrogens is 238 g/mol. The quantitative estimate of drug-likeness (QED) is 0.283. The molecule has 0 aromatic carbocycles. The van der Waals surface area contributed by atoms with Gasteiger partial charge in [0.25, 0.3) is 0 Å². The maximum Gasteiger partial charge on any atom is 0.0971 e. The van der Waals surface area contributed by atoms with Gasteiger partial charge in [-0.1, -0.05) is 52.7 Å². The summed E-state index contributed by atoms with van der Waals surface area (Å²) in [7, 11) is 0. The number of allylic oxidation sites excluding steroid dienone is 5. The lowest BCUT2D eigenvalue weighted by molar-refractivity contribution is 0.805. The van der Waals surface area contributed by atoms with Crippen LogP contribution in [0.5, 0.6) is 0 Å². The van der Waals surface area contributed by atoms with E-state index in [2.05, 4.69) is 64.2 Å². The van der Waals surface area contributed by atoms with E-state index < -0.39 is 0 Å². The van der Waals surface area contributed by atoms with E-state index in [1.165, 1.54) is 0 Å². The van der Waals surface area contributed by atoms with Crippen molar-refractivity contribution >= 4 is 17.7 Å². The second kappa shape index (κ2) is 8.76. The van der Waals surface area contributed by atoms with Crippen LogP contribution in [0.2, 0.25) is 0 Å². The molecule has 98 valence electrons. The Morgan fingerprint density at radius 3 is 2.39 bits per heavy atom. The van der Waals surface area contributed by atoms with Crippen LogP contribution in [0.3, 0.4) is 0 Å². The van der Waals surface area contributed by atoms with E-state index in [1.807, 2.05) is 12.2 Å². The van der Waals surface area contributed by atoms with Crippen LogP contribution in [0.25, 0.3) is 0 Å². The van der Waals surface area contributed by atoms with E-state index in [0.29, 0.717) is 16.7 Å². The highest BCUT2D eigenvalue weighted by Crippen LogP contribution is 2.18. The molecule has 0 aliphatic heterocycles. The molecule has 0 amide bonds. The van der Waals surface area contributed by atoms with Crippen LogP contribution in [-0.2, 0) is 0 Å². The molecule has 0 saturated carbocycles. The van der Waals surface area contributed by atoms with Crippen molar-refractivity contribution < 1.29 is 0 Å². The van der Waals surface area contributed by atoms with Crippen LogP contribution in [0.1, 0.15) is 27.2 Å². The SMILES string of the molecule is C=CC(=C)/N=C(S)\C(=C/C(=C)/C=C\CC)C(C)C. The number of rotatable bonds is 7. The highest BCUT2D eigenvalue weighted by atomic mass is 32.1. The van der Waals surface area contributed by atoms with Crippen molar-refractivity contribution in [3.63, 3.8) is 0 Å². The highest BCUT2D eigenvalue weighted by molar-refractivity contribution is 7.97. The molecule has 2 heteroatoms. The summed E-state index contributed by atoms with van der Waals surface area (Å²) in [4.78, 5) is 4.29. The summed E-state index contributed by atoms with van der Waals surface area (Å²) in [5.41, 5.74) is 2.61. The minimum atomic E-state index is 0.325. The summed E-state index contributed by atoms with van der Waals surface area (Å²) in [6.07, 6.45) is 8.71. The minimum absolute atomic E-state index is 0.325. The molecule has 0 aromatic heterocycles. The zero-order valence-corrected chi connectivity index (χ0v) is 12.5. The maximum atomic E-state index is 4.43. The number of aliphatic imine (C=N–C) groups is 1. The third kappa shape index (κ3) is 6.45. The second-order valence-corrected chi connectivity index (χ2v) is 4.69. The van der Waals surface area contributed by atoms with Crippen molar-refractivity contribution in [1.82, 2.24) is 0 Å². The average Bonchev–Trinajstić information content (AvgIpc) is 2.32. The summed E-state index contributed by atoms with van der Waals surface area (Å²) in [5, 5.41) is 0.668. The van der Waals surface area contributed by atoms with E-state index >= 15 is 0 Å². The summed E-state index contributed by atoms with van der Waals surface area (Å²) in [5.74, 6) is 0.325. The molecule has 0 radical (unpaired) electrons. The Morgan fingerprint density at radius 2 is 1.94 bits per heavy atom. The van der Waals surface area contributed by atoms with Gasteiger partial charge in [0.15, 0.2) is 0 Å². The number of hydrogen-bond acceptors (Lipinski definition) is 1. The van der Waals surface area contributed by atoms with Gasteiger partial charge in [-0.05, 0) is 35.6 Å². The molecule has 1 nitrogen and oxygen atoms in total. The monoisotopic (exact) mass is 261 g/mol. The molecule has 0 heterocycles. The predicted molar refractivity (Wildman–Crippen MR) is 87.3 cm³/mol. The van der Waals surface area contributed by atoms with Gasteiger partial charge in [-0.2, -0.15) is 0 Å². The average molecular weight is 261 g/mol.